The van der Waals surface area contributed by atoms with Gasteiger partial charge in [-0.1, -0.05) is 31.4 Å². The molecule has 0 bridgehead atoms. The largest absolute Gasteiger partial charge is 0.394 e. The number of halogens is 1. The van der Waals surface area contributed by atoms with Crippen LogP contribution in [0.15, 0.2) is 12.3 Å². The number of aliphatic hydroxyl groups excluding tert-OH is 1. The van der Waals surface area contributed by atoms with E-state index in [-0.39, 0.29) is 12.1 Å². The van der Waals surface area contributed by atoms with Gasteiger partial charge in [0.1, 0.15) is 16.9 Å². The van der Waals surface area contributed by atoms with Crippen molar-refractivity contribution in [3.8, 4) is 6.07 Å². The fraction of sp³-hybridized carbons (Fsp3) is 0.571. The van der Waals surface area contributed by atoms with E-state index >= 15 is 0 Å². The number of pyridine rings is 1. The van der Waals surface area contributed by atoms with Gasteiger partial charge >= 0.3 is 0 Å². The molecule has 2 atom stereocenters. The number of anilines is 1. The molecule has 5 heteroatoms. The number of nitrogens with one attached hydrogen (secondary N) is 1. The number of rotatable bonds is 3. The lowest BCUT2D eigenvalue weighted by molar-refractivity contribution is 0.149. The summed E-state index contributed by atoms with van der Waals surface area (Å²) in [5.41, 5.74) is 0.0265. The van der Waals surface area contributed by atoms with E-state index in [1.807, 2.05) is 6.07 Å². The summed E-state index contributed by atoms with van der Waals surface area (Å²) < 4.78 is 0. The highest BCUT2D eigenvalue weighted by Gasteiger charge is 2.35. The topological polar surface area (TPSA) is 68.9 Å². The summed E-state index contributed by atoms with van der Waals surface area (Å²) in [5.74, 6) is 1.05. The van der Waals surface area contributed by atoms with Crippen molar-refractivity contribution in [3.05, 3.63) is 22.8 Å². The Morgan fingerprint density at radius 3 is 3.11 bits per heavy atom. The molecule has 102 valence electrons. The first-order valence-corrected chi connectivity index (χ1v) is 6.92. The number of hydrogen-bond donors (Lipinski definition) is 2. The smallest absolute Gasteiger partial charge is 0.146 e. The first-order valence-electron chi connectivity index (χ1n) is 6.54. The molecule has 0 radical (unpaired) electrons. The molecule has 1 aliphatic carbocycles. The molecule has 0 spiro atoms. The maximum atomic E-state index is 9.74. The van der Waals surface area contributed by atoms with Gasteiger partial charge in [-0.25, -0.2) is 4.98 Å². The molecule has 0 aromatic carbocycles. The van der Waals surface area contributed by atoms with E-state index in [0.29, 0.717) is 22.3 Å². The molecule has 1 aromatic rings. The maximum Gasteiger partial charge on any atom is 0.146 e. The Bertz CT molecular complexity index is 500. The van der Waals surface area contributed by atoms with Crippen LogP contribution in [0.4, 0.5) is 5.82 Å². The summed E-state index contributed by atoms with van der Waals surface area (Å²) in [4.78, 5) is 4.19. The summed E-state index contributed by atoms with van der Waals surface area (Å²) in [6.45, 7) is 2.23. The van der Waals surface area contributed by atoms with Gasteiger partial charge in [-0.15, -0.1) is 0 Å². The fourth-order valence-corrected chi connectivity index (χ4v) is 3.03. The average Bonchev–Trinajstić information content (AvgIpc) is 2.41. The summed E-state index contributed by atoms with van der Waals surface area (Å²) in [6.07, 6.45) is 5.60. The van der Waals surface area contributed by atoms with Crippen LogP contribution in [-0.2, 0) is 0 Å². The molecular weight excluding hydrogens is 262 g/mol. The van der Waals surface area contributed by atoms with Crippen LogP contribution in [0, 0.1) is 17.2 Å². The molecule has 4 nitrogen and oxygen atoms in total. The first kappa shape index (κ1) is 14.1. The molecule has 2 N–H and O–H groups in total. The Labute approximate surface area is 118 Å². The molecule has 0 aliphatic heterocycles. The minimum atomic E-state index is -0.373. The molecule has 2 rings (SSSR count). The minimum Gasteiger partial charge on any atom is -0.394 e. The zero-order valence-corrected chi connectivity index (χ0v) is 11.7. The zero-order valence-electron chi connectivity index (χ0n) is 11.0. The van der Waals surface area contributed by atoms with Crippen LogP contribution in [0.5, 0.6) is 0 Å². The van der Waals surface area contributed by atoms with Crippen molar-refractivity contribution in [1.29, 1.82) is 5.26 Å². The van der Waals surface area contributed by atoms with Crippen LogP contribution in [-0.4, -0.2) is 22.2 Å². The molecule has 1 fully saturated rings. The Morgan fingerprint density at radius 2 is 2.47 bits per heavy atom. The van der Waals surface area contributed by atoms with Crippen molar-refractivity contribution in [1.82, 2.24) is 4.98 Å². The molecule has 1 aromatic heterocycles. The fourth-order valence-electron chi connectivity index (χ4n) is 2.83. The predicted octanol–water partition coefficient (Wildman–Crippen LogP) is 2.96. The second kappa shape index (κ2) is 5.77. The summed E-state index contributed by atoms with van der Waals surface area (Å²) in [5, 5.41) is 22.3. The van der Waals surface area contributed by atoms with Gasteiger partial charge in [-0.2, -0.15) is 5.26 Å². The van der Waals surface area contributed by atoms with Gasteiger partial charge in [0.2, 0.25) is 0 Å². The van der Waals surface area contributed by atoms with E-state index in [4.69, 9.17) is 16.9 Å². The van der Waals surface area contributed by atoms with Crippen molar-refractivity contribution in [2.24, 2.45) is 5.92 Å². The van der Waals surface area contributed by atoms with Crippen molar-refractivity contribution in [3.63, 3.8) is 0 Å². The molecule has 1 heterocycles. The molecule has 0 amide bonds. The van der Waals surface area contributed by atoms with Gasteiger partial charge in [0.25, 0.3) is 0 Å². The summed E-state index contributed by atoms with van der Waals surface area (Å²) in [6, 6.07) is 3.62. The SMILES string of the molecule is CC1CCCC(CO)(Nc2nccc(C#N)c2Cl)C1. The van der Waals surface area contributed by atoms with Crippen molar-refractivity contribution < 1.29 is 5.11 Å². The summed E-state index contributed by atoms with van der Waals surface area (Å²) in [7, 11) is 0. The molecule has 19 heavy (non-hydrogen) atoms. The predicted molar refractivity (Wildman–Crippen MR) is 75.0 cm³/mol. The van der Waals surface area contributed by atoms with E-state index in [2.05, 4.69) is 17.2 Å². The lowest BCUT2D eigenvalue weighted by Crippen LogP contribution is -2.46. The van der Waals surface area contributed by atoms with Crippen molar-refractivity contribution >= 4 is 17.4 Å². The second-order valence-electron chi connectivity index (χ2n) is 5.40. The molecular formula is C14H18ClN3O. The van der Waals surface area contributed by atoms with Gasteiger partial charge in [0.05, 0.1) is 17.7 Å². The van der Waals surface area contributed by atoms with Gasteiger partial charge < -0.3 is 10.4 Å². The molecule has 0 saturated heterocycles. The third kappa shape index (κ3) is 2.99. The Hall–Kier alpha value is -1.31. The van der Waals surface area contributed by atoms with E-state index in [1.165, 1.54) is 6.42 Å². The molecule has 1 saturated carbocycles. The highest BCUT2D eigenvalue weighted by atomic mass is 35.5. The normalized spacial score (nSPS) is 26.7. The van der Waals surface area contributed by atoms with Crippen LogP contribution in [0.1, 0.15) is 38.2 Å². The quantitative estimate of drug-likeness (QED) is 0.892. The minimum absolute atomic E-state index is 0.0477. The van der Waals surface area contributed by atoms with E-state index in [0.717, 1.165) is 19.3 Å². The van der Waals surface area contributed by atoms with Gasteiger partial charge in [0.15, 0.2) is 0 Å². The number of aromatic nitrogens is 1. The first-order chi connectivity index (χ1) is 9.10. The van der Waals surface area contributed by atoms with Crippen LogP contribution < -0.4 is 5.32 Å². The average molecular weight is 280 g/mol. The Balaban J connectivity index is 2.26. The van der Waals surface area contributed by atoms with Gasteiger partial charge in [0, 0.05) is 6.20 Å². The number of nitriles is 1. The van der Waals surface area contributed by atoms with Crippen molar-refractivity contribution in [2.45, 2.75) is 38.1 Å². The highest BCUT2D eigenvalue weighted by molar-refractivity contribution is 6.34. The molecule has 2 unspecified atom stereocenters. The lowest BCUT2D eigenvalue weighted by Gasteiger charge is -2.40. The number of hydrogen-bond acceptors (Lipinski definition) is 4. The number of nitrogens with zero attached hydrogens (tertiary/aromatic N) is 2. The number of aliphatic hydroxyl groups is 1. The summed E-state index contributed by atoms with van der Waals surface area (Å²) >= 11 is 6.15. The van der Waals surface area contributed by atoms with Crippen LogP contribution >= 0.6 is 11.6 Å². The van der Waals surface area contributed by atoms with E-state index in [1.54, 1.807) is 12.3 Å². The lowest BCUT2D eigenvalue weighted by atomic mass is 9.77. The van der Waals surface area contributed by atoms with Crippen LogP contribution in [0.25, 0.3) is 0 Å². The third-order valence-corrected chi connectivity index (χ3v) is 4.17. The van der Waals surface area contributed by atoms with Gasteiger partial charge in [-0.3, -0.25) is 0 Å². The standard InChI is InChI=1S/C14H18ClN3O/c1-10-3-2-5-14(7-10,9-19)18-13-12(15)11(8-16)4-6-17-13/h4,6,10,19H,2-3,5,7,9H2,1H3,(H,17,18). The van der Waals surface area contributed by atoms with E-state index in [9.17, 15) is 5.11 Å². The third-order valence-electron chi connectivity index (χ3n) is 3.79. The molecule has 1 aliphatic rings. The van der Waals surface area contributed by atoms with Crippen LogP contribution in [0.3, 0.4) is 0 Å². The second-order valence-corrected chi connectivity index (χ2v) is 5.78. The zero-order chi connectivity index (χ0) is 13.9. The monoisotopic (exact) mass is 279 g/mol. The Kier molecular flexibility index (Phi) is 4.28. The highest BCUT2D eigenvalue weighted by Crippen LogP contribution is 2.36. The maximum absolute atomic E-state index is 9.74. The van der Waals surface area contributed by atoms with Crippen LogP contribution in [0.2, 0.25) is 5.02 Å². The van der Waals surface area contributed by atoms with Gasteiger partial charge in [-0.05, 0) is 24.8 Å². The Morgan fingerprint density at radius 1 is 1.68 bits per heavy atom. The van der Waals surface area contributed by atoms with E-state index < -0.39 is 0 Å². The van der Waals surface area contributed by atoms with Crippen molar-refractivity contribution in [2.75, 3.05) is 11.9 Å².